The molecule has 4 heteroatoms. The molecule has 0 fully saturated rings. The van der Waals surface area contributed by atoms with Crippen molar-refractivity contribution in [3.8, 4) is 22.3 Å². The van der Waals surface area contributed by atoms with Gasteiger partial charge in [0.1, 0.15) is 0 Å². The van der Waals surface area contributed by atoms with Gasteiger partial charge < -0.3 is 9.97 Å². The molecule has 0 atom stereocenters. The number of benzene rings is 2. The highest BCUT2D eigenvalue weighted by atomic mass is 14.8. The van der Waals surface area contributed by atoms with Crippen LogP contribution in [0.3, 0.4) is 0 Å². The van der Waals surface area contributed by atoms with Gasteiger partial charge in [0, 0.05) is 56.2 Å². The van der Waals surface area contributed by atoms with Gasteiger partial charge in [0.05, 0.1) is 22.8 Å². The van der Waals surface area contributed by atoms with E-state index in [1.165, 1.54) is 44.5 Å². The van der Waals surface area contributed by atoms with Crippen LogP contribution in [0.1, 0.15) is 79.1 Å². The number of hydrogen-bond donors (Lipinski definition) is 2. The zero-order valence-electron chi connectivity index (χ0n) is 30.6. The first-order valence-electron chi connectivity index (χ1n) is 18.3. The minimum Gasteiger partial charge on any atom is -0.355 e. The molecule has 8 bridgehead atoms. The molecule has 2 aliphatic heterocycles. The van der Waals surface area contributed by atoms with E-state index in [1.807, 2.05) is 0 Å². The maximum atomic E-state index is 5.47. The fraction of sp³-hybridized carbons (Fsp3) is 0.167. The van der Waals surface area contributed by atoms with Crippen molar-refractivity contribution >= 4 is 46.4 Å². The van der Waals surface area contributed by atoms with Crippen molar-refractivity contribution in [2.45, 2.75) is 53.4 Å². The molecule has 2 N–H and O–H groups in total. The van der Waals surface area contributed by atoms with Crippen LogP contribution >= 0.6 is 0 Å². The molecule has 2 aromatic carbocycles. The molecule has 0 unspecified atom stereocenters. The van der Waals surface area contributed by atoms with E-state index in [9.17, 15) is 0 Å². The molecule has 5 heterocycles. The van der Waals surface area contributed by atoms with Crippen LogP contribution in [-0.4, -0.2) is 19.9 Å². The lowest BCUT2D eigenvalue weighted by atomic mass is 9.92. The Morgan fingerprint density at radius 1 is 0.404 bits per heavy atom. The van der Waals surface area contributed by atoms with Crippen LogP contribution in [0.2, 0.25) is 0 Å². The third-order valence-electron chi connectivity index (χ3n) is 10.9. The Bertz CT molecular complexity index is 2500. The second-order valence-corrected chi connectivity index (χ2v) is 14.7. The first-order valence-corrected chi connectivity index (χ1v) is 18.3. The quantitative estimate of drug-likeness (QED) is 0.195. The third-order valence-corrected chi connectivity index (χ3v) is 10.9. The van der Waals surface area contributed by atoms with Gasteiger partial charge in [-0.1, -0.05) is 84.0 Å². The molecule has 254 valence electrons. The molecule has 0 radical (unpaired) electrons. The average Bonchev–Trinajstić information content (AvgIpc) is 3.95. The normalized spacial score (nSPS) is 14.9. The van der Waals surface area contributed by atoms with Crippen LogP contribution < -0.4 is 0 Å². The largest absolute Gasteiger partial charge is 0.355 e. The zero-order valence-corrected chi connectivity index (χ0v) is 30.6. The van der Waals surface area contributed by atoms with Gasteiger partial charge in [-0.05, 0) is 123 Å². The molecule has 5 aromatic rings. The second-order valence-electron chi connectivity index (χ2n) is 14.7. The third kappa shape index (κ3) is 5.29. The summed E-state index contributed by atoms with van der Waals surface area (Å²) in [5, 5.41) is 0. The molecular formula is C48H42N4. The lowest BCUT2D eigenvalue weighted by Crippen LogP contribution is -1.98. The number of H-pyrrole nitrogens is 2. The number of rotatable bonds is 4. The summed E-state index contributed by atoms with van der Waals surface area (Å²) in [7, 11) is 0. The number of aryl methyl sites for hydroxylation is 6. The van der Waals surface area contributed by atoms with E-state index in [4.69, 9.17) is 9.97 Å². The number of nitrogens with zero attached hydrogens (tertiary/aromatic N) is 2. The van der Waals surface area contributed by atoms with Gasteiger partial charge in [-0.2, -0.15) is 0 Å². The summed E-state index contributed by atoms with van der Waals surface area (Å²) in [5.74, 6) is 0.187. The van der Waals surface area contributed by atoms with Crippen molar-refractivity contribution in [3.05, 3.63) is 164 Å². The van der Waals surface area contributed by atoms with Crippen molar-refractivity contribution in [2.75, 3.05) is 0 Å². The minimum atomic E-state index is 0.0937. The van der Waals surface area contributed by atoms with Gasteiger partial charge >= 0.3 is 0 Å². The molecule has 9 rings (SSSR count). The molecule has 4 nitrogen and oxygen atoms in total. The van der Waals surface area contributed by atoms with E-state index in [0.717, 1.165) is 67.1 Å². The molecule has 4 aliphatic rings. The van der Waals surface area contributed by atoms with E-state index < -0.39 is 0 Å². The first kappa shape index (κ1) is 31.9. The van der Waals surface area contributed by atoms with Gasteiger partial charge in [-0.3, -0.25) is 0 Å². The van der Waals surface area contributed by atoms with Gasteiger partial charge in [0.15, 0.2) is 0 Å². The summed E-state index contributed by atoms with van der Waals surface area (Å²) in [6.07, 6.45) is 26.3. The van der Waals surface area contributed by atoms with Crippen molar-refractivity contribution < 1.29 is 0 Å². The van der Waals surface area contributed by atoms with Crippen LogP contribution in [0, 0.1) is 41.5 Å². The summed E-state index contributed by atoms with van der Waals surface area (Å²) >= 11 is 0. The molecule has 2 aliphatic carbocycles. The van der Waals surface area contributed by atoms with Crippen molar-refractivity contribution in [1.29, 1.82) is 0 Å². The number of fused-ring (bicyclic) bond motifs is 8. The monoisotopic (exact) mass is 674 g/mol. The van der Waals surface area contributed by atoms with Crippen LogP contribution in [0.15, 0.2) is 97.1 Å². The SMILES string of the molecule is Cc1cc(C)c(-c2c3nc(c(C4C=CC=C4)c4ccc([nH]4)c(-c4c(C)cc(C)cc4C)c4ccc([nH]4)c(C4C=CC=C4)c4nc2C=C4)C=C3)c(C)c1. The maximum absolute atomic E-state index is 5.47. The van der Waals surface area contributed by atoms with Gasteiger partial charge in [0.25, 0.3) is 0 Å². The number of allylic oxidation sites excluding steroid dienone is 8. The van der Waals surface area contributed by atoms with E-state index in [1.54, 1.807) is 0 Å². The Hall–Kier alpha value is -6.00. The molecule has 0 saturated heterocycles. The second kappa shape index (κ2) is 12.3. The van der Waals surface area contributed by atoms with Crippen LogP contribution in [-0.2, 0) is 0 Å². The summed E-state index contributed by atoms with van der Waals surface area (Å²) in [6, 6.07) is 18.1. The number of nitrogens with one attached hydrogen (secondary N) is 2. The van der Waals surface area contributed by atoms with E-state index in [0.29, 0.717) is 0 Å². The first-order chi connectivity index (χ1) is 25.2. The Morgan fingerprint density at radius 2 is 0.750 bits per heavy atom. The molecule has 52 heavy (non-hydrogen) atoms. The number of aromatic amines is 2. The molecule has 0 amide bonds. The Kier molecular flexibility index (Phi) is 7.58. The highest BCUT2D eigenvalue weighted by Gasteiger charge is 2.24. The smallest absolute Gasteiger partial charge is 0.0738 e. The zero-order chi connectivity index (χ0) is 35.7. The Labute approximate surface area is 305 Å². The predicted molar refractivity (Wildman–Crippen MR) is 220 cm³/mol. The topological polar surface area (TPSA) is 57.4 Å². The standard InChI is InChI=1S/C48H42N4/c1-27-23-29(3)43(30(4)24-27)47-39-19-15-35(49-39)45(33-11-7-8-12-33)37-17-21-41(51-37)48(44-31(5)25-28(2)26-32(44)6)42-22-18-38(52-42)46(34-13-9-10-14-34)36-16-20-40(47)50-36/h7-26,33-34,49-50H,1-6H3. The highest BCUT2D eigenvalue weighted by Crippen LogP contribution is 2.41. The lowest BCUT2D eigenvalue weighted by Gasteiger charge is -2.14. The summed E-state index contributed by atoms with van der Waals surface area (Å²) in [6.45, 7) is 13.2. The van der Waals surface area contributed by atoms with Gasteiger partial charge in [0.2, 0.25) is 0 Å². The predicted octanol–water partition coefficient (Wildman–Crippen LogP) is 12.3. The summed E-state index contributed by atoms with van der Waals surface area (Å²) in [4.78, 5) is 18.8. The fourth-order valence-corrected chi connectivity index (χ4v) is 8.87. The molecule has 0 spiro atoms. The average molecular weight is 675 g/mol. The van der Waals surface area contributed by atoms with Crippen LogP contribution in [0.25, 0.3) is 68.6 Å². The van der Waals surface area contributed by atoms with E-state index >= 15 is 0 Å². The number of hydrogen-bond acceptors (Lipinski definition) is 2. The van der Waals surface area contributed by atoms with Crippen LogP contribution in [0.5, 0.6) is 0 Å². The Balaban J connectivity index is 1.48. The maximum Gasteiger partial charge on any atom is 0.0738 e. The van der Waals surface area contributed by atoms with E-state index in [-0.39, 0.29) is 11.8 Å². The fourth-order valence-electron chi connectivity index (χ4n) is 8.87. The summed E-state index contributed by atoms with van der Waals surface area (Å²) in [5.41, 5.74) is 22.5. The van der Waals surface area contributed by atoms with Gasteiger partial charge in [-0.15, -0.1) is 0 Å². The van der Waals surface area contributed by atoms with Gasteiger partial charge in [-0.25, -0.2) is 9.97 Å². The van der Waals surface area contributed by atoms with Crippen molar-refractivity contribution in [3.63, 3.8) is 0 Å². The highest BCUT2D eigenvalue weighted by molar-refractivity contribution is 5.97. The molecule has 3 aromatic heterocycles. The molecule has 0 saturated carbocycles. The Morgan fingerprint density at radius 3 is 1.15 bits per heavy atom. The van der Waals surface area contributed by atoms with Crippen LogP contribution in [0.4, 0.5) is 0 Å². The van der Waals surface area contributed by atoms with E-state index in [2.05, 4.69) is 173 Å². The number of aromatic nitrogens is 4. The molecular weight excluding hydrogens is 633 g/mol. The van der Waals surface area contributed by atoms with Crippen molar-refractivity contribution in [2.24, 2.45) is 0 Å². The minimum absolute atomic E-state index is 0.0937. The van der Waals surface area contributed by atoms with Crippen molar-refractivity contribution in [1.82, 2.24) is 19.9 Å². The lowest BCUT2D eigenvalue weighted by molar-refractivity contribution is 1.08. The summed E-state index contributed by atoms with van der Waals surface area (Å²) < 4.78 is 0.